The Labute approximate surface area is 138 Å². The van der Waals surface area contributed by atoms with Crippen molar-refractivity contribution in [3.63, 3.8) is 0 Å². The summed E-state index contributed by atoms with van der Waals surface area (Å²) in [6.07, 6.45) is 0. The highest BCUT2D eigenvalue weighted by molar-refractivity contribution is 5.42. The molecule has 0 amide bonds. The molecule has 5 nitrogen and oxygen atoms in total. The lowest BCUT2D eigenvalue weighted by Gasteiger charge is -2.26. The maximum absolute atomic E-state index is 5.93. The molecule has 3 rings (SSSR count). The van der Waals surface area contributed by atoms with Crippen molar-refractivity contribution < 1.29 is 18.9 Å². The van der Waals surface area contributed by atoms with Crippen LogP contribution in [0.25, 0.3) is 0 Å². The number of nitrogens with zero attached hydrogens (tertiary/aromatic N) is 1. The minimum Gasteiger partial charge on any atom is -0.493 e. The van der Waals surface area contributed by atoms with Crippen LogP contribution in [0.3, 0.4) is 0 Å². The largest absolute Gasteiger partial charge is 0.493 e. The van der Waals surface area contributed by atoms with Crippen LogP contribution in [-0.4, -0.2) is 65.2 Å². The maximum Gasteiger partial charge on any atom is 0.161 e. The van der Waals surface area contributed by atoms with Crippen LogP contribution in [0.2, 0.25) is 0 Å². The molecule has 2 heterocycles. The molecule has 0 unspecified atom stereocenters. The Morgan fingerprint density at radius 1 is 1.30 bits per heavy atom. The summed E-state index contributed by atoms with van der Waals surface area (Å²) in [5.41, 5.74) is 1.35. The Bertz CT molecular complexity index is 536. The van der Waals surface area contributed by atoms with Crippen molar-refractivity contribution in [1.29, 1.82) is 0 Å². The van der Waals surface area contributed by atoms with Crippen LogP contribution in [0, 0.1) is 18.3 Å². The molecular formula is C18H27NO4. The summed E-state index contributed by atoms with van der Waals surface area (Å²) < 4.78 is 22.4. The molecule has 0 radical (unpaired) electrons. The lowest BCUT2D eigenvalue weighted by molar-refractivity contribution is 0.0526. The SMILES string of the molecule is COC[C@@]12COC[C@@H]1CN(CCOc1ccc(C)cc1OC)C2. The lowest BCUT2D eigenvalue weighted by atomic mass is 9.82. The summed E-state index contributed by atoms with van der Waals surface area (Å²) >= 11 is 0. The van der Waals surface area contributed by atoms with E-state index in [1.54, 1.807) is 14.2 Å². The van der Waals surface area contributed by atoms with Crippen molar-refractivity contribution in [2.24, 2.45) is 11.3 Å². The monoisotopic (exact) mass is 321 g/mol. The van der Waals surface area contributed by atoms with E-state index in [-0.39, 0.29) is 5.41 Å². The Hall–Kier alpha value is -1.30. The second-order valence-corrected chi connectivity index (χ2v) is 6.75. The Kier molecular flexibility index (Phi) is 5.09. The molecule has 2 atom stereocenters. The van der Waals surface area contributed by atoms with E-state index in [9.17, 15) is 0 Å². The molecule has 2 aliphatic heterocycles. The van der Waals surface area contributed by atoms with Crippen LogP contribution in [0.15, 0.2) is 18.2 Å². The molecule has 0 bridgehead atoms. The Morgan fingerprint density at radius 2 is 2.17 bits per heavy atom. The van der Waals surface area contributed by atoms with Gasteiger partial charge in [-0.3, -0.25) is 4.90 Å². The average Bonchev–Trinajstić information content (AvgIpc) is 3.05. The van der Waals surface area contributed by atoms with Crippen molar-refractivity contribution in [1.82, 2.24) is 4.90 Å². The van der Waals surface area contributed by atoms with Gasteiger partial charge in [0.2, 0.25) is 0 Å². The highest BCUT2D eigenvalue weighted by Crippen LogP contribution is 2.41. The number of likely N-dealkylation sites (tertiary alicyclic amines) is 1. The quantitative estimate of drug-likeness (QED) is 0.768. The molecule has 1 aromatic rings. The summed E-state index contributed by atoms with van der Waals surface area (Å²) in [5.74, 6) is 2.19. The minimum atomic E-state index is 0.177. The first-order chi connectivity index (χ1) is 11.2. The first-order valence-electron chi connectivity index (χ1n) is 8.23. The molecule has 0 aromatic heterocycles. The van der Waals surface area contributed by atoms with Gasteiger partial charge >= 0.3 is 0 Å². The average molecular weight is 321 g/mol. The molecule has 0 aliphatic carbocycles. The van der Waals surface area contributed by atoms with Gasteiger partial charge in [0.15, 0.2) is 11.5 Å². The number of rotatable bonds is 7. The fourth-order valence-electron chi connectivity index (χ4n) is 3.78. The molecule has 2 saturated heterocycles. The van der Waals surface area contributed by atoms with Crippen LogP contribution in [0.4, 0.5) is 0 Å². The first-order valence-corrected chi connectivity index (χ1v) is 8.23. The molecule has 0 spiro atoms. The molecule has 0 N–H and O–H groups in total. The topological polar surface area (TPSA) is 40.2 Å². The normalized spacial score (nSPS) is 27.2. The van der Waals surface area contributed by atoms with E-state index < -0.39 is 0 Å². The molecule has 0 saturated carbocycles. The fraction of sp³-hybridized carbons (Fsp3) is 0.667. The number of aryl methyl sites for hydroxylation is 1. The van der Waals surface area contributed by atoms with Crippen molar-refractivity contribution in [3.8, 4) is 11.5 Å². The van der Waals surface area contributed by atoms with Gasteiger partial charge in [-0.05, 0) is 24.6 Å². The van der Waals surface area contributed by atoms with Crippen LogP contribution in [0.1, 0.15) is 5.56 Å². The summed E-state index contributed by atoms with van der Waals surface area (Å²) in [5, 5.41) is 0. The third-order valence-corrected chi connectivity index (χ3v) is 5.01. The number of fused-ring (bicyclic) bond motifs is 1. The Morgan fingerprint density at radius 3 is 2.96 bits per heavy atom. The lowest BCUT2D eigenvalue weighted by Crippen LogP contribution is -2.36. The number of methoxy groups -OCH3 is 2. The summed E-state index contributed by atoms with van der Waals surface area (Å²) in [6.45, 7) is 8.17. The number of hydrogen-bond donors (Lipinski definition) is 0. The van der Waals surface area contributed by atoms with E-state index >= 15 is 0 Å². The molecule has 2 fully saturated rings. The zero-order valence-electron chi connectivity index (χ0n) is 14.3. The van der Waals surface area contributed by atoms with Crippen LogP contribution in [-0.2, 0) is 9.47 Å². The van der Waals surface area contributed by atoms with Gasteiger partial charge in [-0.2, -0.15) is 0 Å². The van der Waals surface area contributed by atoms with E-state index in [2.05, 4.69) is 4.90 Å². The second-order valence-electron chi connectivity index (χ2n) is 6.75. The van der Waals surface area contributed by atoms with Gasteiger partial charge in [-0.25, -0.2) is 0 Å². The molecule has 23 heavy (non-hydrogen) atoms. The van der Waals surface area contributed by atoms with Crippen LogP contribution in [0.5, 0.6) is 11.5 Å². The molecule has 128 valence electrons. The van der Waals surface area contributed by atoms with Gasteiger partial charge in [0, 0.05) is 38.1 Å². The van der Waals surface area contributed by atoms with Gasteiger partial charge in [0.1, 0.15) is 6.61 Å². The van der Waals surface area contributed by atoms with Crippen molar-refractivity contribution >= 4 is 0 Å². The standard InChI is InChI=1S/C18H27NO4/c1-14-4-5-16(17(8-14)21-3)23-7-6-19-9-15-10-22-13-18(15,11-19)12-20-2/h4-5,8,15H,6-7,9-13H2,1-3H3/t15-,18-/m0/s1. The number of hydrogen-bond acceptors (Lipinski definition) is 5. The van der Waals surface area contributed by atoms with E-state index in [0.29, 0.717) is 12.5 Å². The van der Waals surface area contributed by atoms with Gasteiger partial charge in [0.05, 0.1) is 26.9 Å². The zero-order chi connectivity index (χ0) is 16.3. The highest BCUT2D eigenvalue weighted by Gasteiger charge is 2.50. The predicted molar refractivity (Wildman–Crippen MR) is 88.3 cm³/mol. The fourth-order valence-corrected chi connectivity index (χ4v) is 3.78. The van der Waals surface area contributed by atoms with Crippen molar-refractivity contribution in [3.05, 3.63) is 23.8 Å². The van der Waals surface area contributed by atoms with E-state index in [4.69, 9.17) is 18.9 Å². The Balaban J connectivity index is 1.52. The molecule has 5 heteroatoms. The number of ether oxygens (including phenoxy) is 4. The first kappa shape index (κ1) is 16.6. The van der Waals surface area contributed by atoms with Gasteiger partial charge < -0.3 is 18.9 Å². The van der Waals surface area contributed by atoms with Crippen LogP contribution < -0.4 is 9.47 Å². The van der Waals surface area contributed by atoms with Gasteiger partial charge in [-0.1, -0.05) is 6.07 Å². The minimum absolute atomic E-state index is 0.177. The van der Waals surface area contributed by atoms with E-state index in [0.717, 1.165) is 51.0 Å². The summed E-state index contributed by atoms with van der Waals surface area (Å²) in [4.78, 5) is 2.47. The van der Waals surface area contributed by atoms with Crippen molar-refractivity contribution in [2.45, 2.75) is 6.92 Å². The number of benzene rings is 1. The van der Waals surface area contributed by atoms with E-state index in [1.165, 1.54) is 5.56 Å². The van der Waals surface area contributed by atoms with E-state index in [1.807, 2.05) is 25.1 Å². The zero-order valence-corrected chi connectivity index (χ0v) is 14.3. The summed E-state index contributed by atoms with van der Waals surface area (Å²) in [6, 6.07) is 6.02. The molecule has 2 aliphatic rings. The third-order valence-electron chi connectivity index (χ3n) is 5.01. The highest BCUT2D eigenvalue weighted by atomic mass is 16.5. The van der Waals surface area contributed by atoms with Crippen LogP contribution >= 0.6 is 0 Å². The van der Waals surface area contributed by atoms with Crippen molar-refractivity contribution in [2.75, 3.05) is 60.3 Å². The maximum atomic E-state index is 5.93. The third kappa shape index (κ3) is 3.47. The molecular weight excluding hydrogens is 294 g/mol. The smallest absolute Gasteiger partial charge is 0.161 e. The van der Waals surface area contributed by atoms with Gasteiger partial charge in [-0.15, -0.1) is 0 Å². The summed E-state index contributed by atoms with van der Waals surface area (Å²) in [7, 11) is 3.46. The predicted octanol–water partition coefficient (Wildman–Crippen LogP) is 1.98. The van der Waals surface area contributed by atoms with Gasteiger partial charge in [0.25, 0.3) is 0 Å². The molecule has 1 aromatic carbocycles. The second kappa shape index (κ2) is 7.07.